The average molecular weight is 892 g/mol. The first-order chi connectivity index (χ1) is 29.4. The summed E-state index contributed by atoms with van der Waals surface area (Å²) in [6, 6.07) is -1.47. The van der Waals surface area contributed by atoms with E-state index in [0.29, 0.717) is 6.42 Å². The van der Waals surface area contributed by atoms with Gasteiger partial charge in [-0.05, 0) is 25.2 Å². The number of ether oxygens (including phenoxy) is 2. The Kier molecular flexibility index (Phi) is 36.3. The maximum Gasteiger partial charge on any atom is 0.470 e. The molecule has 0 aromatic carbocycles. The van der Waals surface area contributed by atoms with Crippen LogP contribution in [0.4, 0.5) is 0 Å². The van der Waals surface area contributed by atoms with Crippen LogP contribution in [-0.2, 0) is 28.2 Å². The Morgan fingerprint density at radius 1 is 0.590 bits per heavy atom. The molecule has 1 aliphatic rings. The molecule has 1 rings (SSSR count). The number of phosphoric ester groups is 1. The lowest BCUT2D eigenvalue weighted by atomic mass is 9.91. The summed E-state index contributed by atoms with van der Waals surface area (Å²) in [4.78, 5) is 46.5. The van der Waals surface area contributed by atoms with Crippen LogP contribution in [-0.4, -0.2) is 80.3 Å². The van der Waals surface area contributed by atoms with E-state index in [2.05, 4.69) is 26.1 Å². The zero-order chi connectivity index (χ0) is 45.0. The zero-order valence-corrected chi connectivity index (χ0v) is 40.0. The van der Waals surface area contributed by atoms with E-state index < -0.39 is 63.1 Å². The largest absolute Gasteiger partial charge is 0.470 e. The minimum atomic E-state index is -5.21. The third-order valence-electron chi connectivity index (χ3n) is 12.4. The third-order valence-corrected chi connectivity index (χ3v) is 12.9. The van der Waals surface area contributed by atoms with E-state index in [4.69, 9.17) is 14.0 Å². The number of phosphoric acid groups is 1. The molecular formula is C48H94NO11P. The molecule has 6 N–H and O–H groups in total. The van der Waals surface area contributed by atoms with Crippen LogP contribution in [0.2, 0.25) is 0 Å². The molecule has 0 aromatic heterocycles. The summed E-state index contributed by atoms with van der Waals surface area (Å²) in [6.07, 6.45) is 30.3. The highest BCUT2D eigenvalue weighted by Gasteiger charge is 2.51. The number of carbonyl (C=O) groups excluding carboxylic acids is 2. The van der Waals surface area contributed by atoms with Crippen LogP contribution < -0.4 is 5.32 Å². The highest BCUT2D eigenvalue weighted by molar-refractivity contribution is 7.46. The van der Waals surface area contributed by atoms with Gasteiger partial charge in [-0.1, -0.05) is 213 Å². The first-order valence-corrected chi connectivity index (χ1v) is 26.8. The van der Waals surface area contributed by atoms with Crippen molar-refractivity contribution in [2.45, 2.75) is 282 Å². The summed E-state index contributed by atoms with van der Waals surface area (Å²) in [6.45, 7) is 5.85. The summed E-state index contributed by atoms with van der Waals surface area (Å²) >= 11 is 0. The lowest BCUT2D eigenvalue weighted by molar-refractivity contribution is -0.256. The van der Waals surface area contributed by atoms with E-state index in [1.165, 1.54) is 128 Å². The second-order valence-electron chi connectivity index (χ2n) is 18.2. The molecule has 1 heterocycles. The Morgan fingerprint density at radius 3 is 1.34 bits per heavy atom. The number of hydrogen-bond acceptors (Lipinski definition) is 9. The lowest BCUT2D eigenvalue weighted by Gasteiger charge is -2.43. The van der Waals surface area contributed by atoms with Crippen molar-refractivity contribution in [2.24, 2.45) is 5.92 Å². The summed E-state index contributed by atoms with van der Waals surface area (Å²) in [7, 11) is -5.21. The van der Waals surface area contributed by atoms with Gasteiger partial charge in [0.15, 0.2) is 12.4 Å². The Hall–Kier alpha value is -1.11. The zero-order valence-electron chi connectivity index (χ0n) is 39.1. The quantitative estimate of drug-likeness (QED) is 0.0194. The van der Waals surface area contributed by atoms with Crippen LogP contribution in [0, 0.1) is 5.92 Å². The van der Waals surface area contributed by atoms with E-state index in [0.717, 1.165) is 77.0 Å². The van der Waals surface area contributed by atoms with Gasteiger partial charge in [0.25, 0.3) is 0 Å². The van der Waals surface area contributed by atoms with Gasteiger partial charge in [-0.25, -0.2) is 4.57 Å². The maximum atomic E-state index is 13.7. The predicted octanol–water partition coefficient (Wildman–Crippen LogP) is 11.3. The van der Waals surface area contributed by atoms with Crippen molar-refractivity contribution < 1.29 is 53.3 Å². The van der Waals surface area contributed by atoms with Gasteiger partial charge in [-0.3, -0.25) is 14.1 Å². The standard InChI is InChI=1S/C48H94NO11P/c1-4-7-10-13-16-18-19-20-21-22-24-26-29-32-35-40(34-31-28-25-15-12-9-6-3)37-44(53)59-47-45(48(54)58-42(39-50)46(47)60-61(55,56)57)49-43(52)38-41(51)36-33-30-27-23-17-14-11-8-5-2/h40-42,45-48,50-51,54H,4-39H2,1-3H3,(H,49,52)(H2,55,56,57)/t40?,41?,42-,45-,46-,47-,48?/m1/s1. The van der Waals surface area contributed by atoms with Crippen molar-refractivity contribution in [3.05, 3.63) is 0 Å². The molecule has 61 heavy (non-hydrogen) atoms. The molecule has 1 saturated heterocycles. The fourth-order valence-corrected chi connectivity index (χ4v) is 9.27. The van der Waals surface area contributed by atoms with Crippen molar-refractivity contribution >= 4 is 19.7 Å². The summed E-state index contributed by atoms with van der Waals surface area (Å²) < 4.78 is 28.5. The third kappa shape index (κ3) is 31.4. The molecule has 0 bridgehead atoms. The number of amides is 1. The van der Waals surface area contributed by atoms with E-state index in [-0.39, 0.29) is 18.8 Å². The van der Waals surface area contributed by atoms with Crippen LogP contribution in [0.15, 0.2) is 0 Å². The number of carbonyl (C=O) groups is 2. The lowest BCUT2D eigenvalue weighted by Crippen LogP contribution is -2.65. The van der Waals surface area contributed by atoms with Gasteiger partial charge in [0, 0.05) is 6.42 Å². The molecule has 362 valence electrons. The first kappa shape index (κ1) is 57.9. The van der Waals surface area contributed by atoms with Gasteiger partial charge in [-0.15, -0.1) is 0 Å². The van der Waals surface area contributed by atoms with Crippen LogP contribution >= 0.6 is 7.82 Å². The average Bonchev–Trinajstić information content (AvgIpc) is 3.21. The molecule has 1 aliphatic heterocycles. The molecule has 7 atom stereocenters. The molecule has 12 nitrogen and oxygen atoms in total. The fourth-order valence-electron chi connectivity index (χ4n) is 8.70. The molecule has 3 unspecified atom stereocenters. The molecule has 0 aliphatic carbocycles. The Morgan fingerprint density at radius 2 is 0.967 bits per heavy atom. The second-order valence-corrected chi connectivity index (χ2v) is 19.4. The number of aliphatic hydroxyl groups excluding tert-OH is 3. The van der Waals surface area contributed by atoms with E-state index in [1.807, 2.05) is 0 Å². The highest BCUT2D eigenvalue weighted by Crippen LogP contribution is 2.42. The van der Waals surface area contributed by atoms with Crippen LogP contribution in [0.5, 0.6) is 0 Å². The number of esters is 1. The Balaban J connectivity index is 2.84. The molecule has 0 radical (unpaired) electrons. The molecule has 0 saturated carbocycles. The second kappa shape index (κ2) is 38.2. The van der Waals surface area contributed by atoms with E-state index in [1.54, 1.807) is 0 Å². The van der Waals surface area contributed by atoms with Gasteiger partial charge in [-0.2, -0.15) is 0 Å². The van der Waals surface area contributed by atoms with Crippen molar-refractivity contribution in [1.82, 2.24) is 5.32 Å². The summed E-state index contributed by atoms with van der Waals surface area (Å²) in [5, 5.41) is 34.3. The molecule has 0 spiro atoms. The van der Waals surface area contributed by atoms with Crippen molar-refractivity contribution in [2.75, 3.05) is 6.61 Å². The van der Waals surface area contributed by atoms with Crippen molar-refractivity contribution in [3.8, 4) is 0 Å². The molecular weight excluding hydrogens is 797 g/mol. The Bertz CT molecular complexity index is 1090. The Labute approximate surface area is 372 Å². The number of rotatable bonds is 42. The van der Waals surface area contributed by atoms with E-state index >= 15 is 0 Å². The minimum Gasteiger partial charge on any atom is -0.457 e. The van der Waals surface area contributed by atoms with Gasteiger partial charge in [0.2, 0.25) is 5.91 Å². The molecule has 13 heteroatoms. The molecule has 1 fully saturated rings. The number of aliphatic hydroxyl groups is 3. The van der Waals surface area contributed by atoms with Crippen LogP contribution in [0.25, 0.3) is 0 Å². The maximum absolute atomic E-state index is 13.7. The number of hydrogen-bond donors (Lipinski definition) is 6. The van der Waals surface area contributed by atoms with Crippen LogP contribution in [0.1, 0.15) is 245 Å². The van der Waals surface area contributed by atoms with Gasteiger partial charge in [0.1, 0.15) is 18.2 Å². The summed E-state index contributed by atoms with van der Waals surface area (Å²) in [5.41, 5.74) is 0. The fraction of sp³-hybridized carbons (Fsp3) is 0.958. The van der Waals surface area contributed by atoms with Crippen LogP contribution in [0.3, 0.4) is 0 Å². The van der Waals surface area contributed by atoms with Crippen molar-refractivity contribution in [1.29, 1.82) is 0 Å². The topological polar surface area (TPSA) is 192 Å². The monoisotopic (exact) mass is 892 g/mol. The predicted molar refractivity (Wildman–Crippen MR) is 245 cm³/mol. The minimum absolute atomic E-state index is 0.0317. The number of unbranched alkanes of at least 4 members (excludes halogenated alkanes) is 27. The van der Waals surface area contributed by atoms with Gasteiger partial charge in [0.05, 0.1) is 19.1 Å². The SMILES string of the molecule is CCCCCCCCCCCCCCCCC(CCCCCCCCC)CC(=O)O[C@H]1[C@H](OP(=O)(O)O)[C@@H](CO)OC(O)[C@@H]1NC(=O)CC(O)CCCCCCCCCCC. The van der Waals surface area contributed by atoms with E-state index in [9.17, 15) is 39.3 Å². The summed E-state index contributed by atoms with van der Waals surface area (Å²) in [5.74, 6) is -1.26. The molecule has 1 amide bonds. The highest BCUT2D eigenvalue weighted by atomic mass is 31.2. The molecule has 0 aromatic rings. The normalized spacial score (nSPS) is 20.4. The van der Waals surface area contributed by atoms with Crippen molar-refractivity contribution in [3.63, 3.8) is 0 Å². The number of nitrogens with one attached hydrogen (secondary N) is 1. The first-order valence-electron chi connectivity index (χ1n) is 25.3. The van der Waals surface area contributed by atoms with Gasteiger partial charge < -0.3 is 39.9 Å². The van der Waals surface area contributed by atoms with Gasteiger partial charge >= 0.3 is 13.8 Å². The smallest absolute Gasteiger partial charge is 0.457 e.